The topological polar surface area (TPSA) is 37.4 Å². The van der Waals surface area contributed by atoms with E-state index < -0.39 is 0 Å². The van der Waals surface area contributed by atoms with E-state index in [0.717, 1.165) is 27.6 Å². The summed E-state index contributed by atoms with van der Waals surface area (Å²) < 4.78 is 0. The molecule has 0 fully saturated rings. The van der Waals surface area contributed by atoms with E-state index in [1.54, 1.807) is 11.0 Å². The number of benzene rings is 3. The predicted octanol–water partition coefficient (Wildman–Crippen LogP) is 6.66. The van der Waals surface area contributed by atoms with Crippen LogP contribution in [-0.4, -0.2) is 11.7 Å². The molecule has 3 nitrogen and oxygen atoms in total. The van der Waals surface area contributed by atoms with Crippen molar-refractivity contribution in [3.05, 3.63) is 88.6 Å². The lowest BCUT2D eigenvalue weighted by Crippen LogP contribution is -2.43. The van der Waals surface area contributed by atoms with Crippen LogP contribution in [0.4, 0.5) is 5.69 Å². The number of halogens is 1. The first-order chi connectivity index (χ1) is 14.8. The average Bonchev–Trinajstić information content (AvgIpc) is 2.73. The molecule has 0 bridgehead atoms. The van der Waals surface area contributed by atoms with Crippen LogP contribution in [0.3, 0.4) is 0 Å². The van der Waals surface area contributed by atoms with E-state index in [1.165, 1.54) is 0 Å². The maximum Gasteiger partial charge on any atom is 0.232 e. The van der Waals surface area contributed by atoms with Crippen LogP contribution in [0.1, 0.15) is 44.6 Å². The fourth-order valence-electron chi connectivity index (χ4n) is 5.04. The molecule has 156 valence electrons. The van der Waals surface area contributed by atoms with Gasteiger partial charge in [0.25, 0.3) is 0 Å². The zero-order valence-electron chi connectivity index (χ0n) is 17.7. The second-order valence-electron chi connectivity index (χ2n) is 9.35. The Labute approximate surface area is 187 Å². The molecule has 0 saturated carbocycles. The van der Waals surface area contributed by atoms with Crippen LogP contribution >= 0.6 is 11.6 Å². The third kappa shape index (κ3) is 3.47. The number of amides is 1. The first-order valence-electron chi connectivity index (χ1n) is 10.7. The quantitative estimate of drug-likeness (QED) is 0.457. The van der Waals surface area contributed by atoms with Crippen molar-refractivity contribution in [2.45, 2.75) is 39.0 Å². The maximum absolute atomic E-state index is 13.5. The van der Waals surface area contributed by atoms with Gasteiger partial charge in [-0.15, -0.1) is 0 Å². The van der Waals surface area contributed by atoms with E-state index >= 15 is 0 Å². The molecule has 1 atom stereocenters. The van der Waals surface area contributed by atoms with Crippen LogP contribution in [0.5, 0.6) is 0 Å². The molecule has 1 amide bonds. The number of nitrogens with zero attached hydrogens (tertiary/aromatic N) is 1. The number of ketones is 1. The van der Waals surface area contributed by atoms with Crippen LogP contribution < -0.4 is 4.90 Å². The summed E-state index contributed by atoms with van der Waals surface area (Å²) in [5, 5.41) is 2.78. The first kappa shape index (κ1) is 20.0. The third-order valence-corrected chi connectivity index (χ3v) is 6.73. The monoisotopic (exact) mass is 429 g/mol. The summed E-state index contributed by atoms with van der Waals surface area (Å²) in [5.74, 6) is -0.112. The number of para-hydroxylation sites is 1. The van der Waals surface area contributed by atoms with E-state index in [4.69, 9.17) is 11.6 Å². The van der Waals surface area contributed by atoms with Gasteiger partial charge in [0, 0.05) is 30.0 Å². The lowest BCUT2D eigenvalue weighted by molar-refractivity contribution is -0.121. The Morgan fingerprint density at radius 1 is 0.903 bits per heavy atom. The standard InChI is InChI=1S/C27H24ClNO2/c1-27(2)15-23-26(24(30)16-27)20(19-12-11-17-7-3-4-8-18(17)13-19)14-25(31)29(23)22-10-6-5-9-21(22)28/h3-13,20H,14-16H2,1-2H3. The molecule has 1 unspecified atom stereocenters. The summed E-state index contributed by atoms with van der Waals surface area (Å²) in [4.78, 5) is 28.6. The molecule has 5 rings (SSSR count). The zero-order chi connectivity index (χ0) is 21.8. The van der Waals surface area contributed by atoms with E-state index in [0.29, 0.717) is 23.6 Å². The van der Waals surface area contributed by atoms with Gasteiger partial charge in [-0.2, -0.15) is 0 Å². The highest BCUT2D eigenvalue weighted by Crippen LogP contribution is 2.49. The molecule has 3 aromatic carbocycles. The van der Waals surface area contributed by atoms with Crippen molar-refractivity contribution >= 4 is 39.8 Å². The molecule has 1 heterocycles. The number of hydrogen-bond acceptors (Lipinski definition) is 2. The molecular formula is C27H24ClNO2. The van der Waals surface area contributed by atoms with Crippen LogP contribution in [0.2, 0.25) is 5.02 Å². The smallest absolute Gasteiger partial charge is 0.232 e. The van der Waals surface area contributed by atoms with E-state index in [1.807, 2.05) is 30.3 Å². The molecular weight excluding hydrogens is 406 g/mol. The highest BCUT2D eigenvalue weighted by molar-refractivity contribution is 6.34. The second-order valence-corrected chi connectivity index (χ2v) is 9.75. The van der Waals surface area contributed by atoms with Gasteiger partial charge in [0.1, 0.15) is 0 Å². The van der Waals surface area contributed by atoms with Crippen molar-refractivity contribution < 1.29 is 9.59 Å². The molecule has 4 heteroatoms. The molecule has 1 aliphatic carbocycles. The van der Waals surface area contributed by atoms with Gasteiger partial charge in [-0.05, 0) is 40.3 Å². The Morgan fingerprint density at radius 3 is 2.39 bits per heavy atom. The van der Waals surface area contributed by atoms with Crippen LogP contribution in [0, 0.1) is 5.41 Å². The highest BCUT2D eigenvalue weighted by Gasteiger charge is 2.44. The predicted molar refractivity (Wildman–Crippen MR) is 125 cm³/mol. The third-order valence-electron chi connectivity index (χ3n) is 6.41. The summed E-state index contributed by atoms with van der Waals surface area (Å²) >= 11 is 6.48. The summed E-state index contributed by atoms with van der Waals surface area (Å²) in [5.41, 5.74) is 3.05. The van der Waals surface area contributed by atoms with E-state index in [9.17, 15) is 9.59 Å². The highest BCUT2D eigenvalue weighted by atomic mass is 35.5. The number of carbonyl (C=O) groups excluding carboxylic acids is 2. The number of anilines is 1. The minimum Gasteiger partial charge on any atom is -0.294 e. The van der Waals surface area contributed by atoms with Crippen molar-refractivity contribution in [1.82, 2.24) is 0 Å². The molecule has 2 aliphatic rings. The van der Waals surface area contributed by atoms with Gasteiger partial charge in [0.15, 0.2) is 5.78 Å². The van der Waals surface area contributed by atoms with Gasteiger partial charge in [-0.3, -0.25) is 14.5 Å². The summed E-state index contributed by atoms with van der Waals surface area (Å²) in [7, 11) is 0. The summed E-state index contributed by atoms with van der Waals surface area (Å²) in [6.07, 6.45) is 1.41. The summed E-state index contributed by atoms with van der Waals surface area (Å²) in [6.45, 7) is 4.17. The molecule has 1 aliphatic heterocycles. The van der Waals surface area contributed by atoms with E-state index in [-0.39, 0.29) is 29.4 Å². The Hall–Kier alpha value is -2.91. The Morgan fingerprint density at radius 2 is 1.61 bits per heavy atom. The Balaban J connectivity index is 1.70. The fraction of sp³-hybridized carbons (Fsp3) is 0.259. The molecule has 0 aromatic heterocycles. The number of fused-ring (bicyclic) bond motifs is 1. The molecule has 0 spiro atoms. The number of allylic oxidation sites excluding steroid dienone is 2. The van der Waals surface area contributed by atoms with Crippen LogP contribution in [-0.2, 0) is 9.59 Å². The first-order valence-corrected chi connectivity index (χ1v) is 11.0. The number of rotatable bonds is 2. The Bertz CT molecular complexity index is 1260. The average molecular weight is 430 g/mol. The molecule has 0 radical (unpaired) electrons. The zero-order valence-corrected chi connectivity index (χ0v) is 18.4. The van der Waals surface area contributed by atoms with Gasteiger partial charge in [-0.25, -0.2) is 0 Å². The molecule has 31 heavy (non-hydrogen) atoms. The minimum atomic E-state index is -0.227. The lowest BCUT2D eigenvalue weighted by atomic mass is 9.69. The number of Topliss-reactive ketones (excluding diaryl/α,β-unsaturated/α-hetero) is 1. The van der Waals surface area contributed by atoms with Gasteiger partial charge < -0.3 is 0 Å². The van der Waals surface area contributed by atoms with Gasteiger partial charge in [0.2, 0.25) is 5.91 Å². The van der Waals surface area contributed by atoms with Crippen LogP contribution in [0.15, 0.2) is 78.0 Å². The SMILES string of the molecule is CC1(C)CC(=O)C2=C(C1)N(c1ccccc1Cl)C(=O)CC2c1ccc2ccccc2c1. The van der Waals surface area contributed by atoms with Gasteiger partial charge in [0.05, 0.1) is 10.7 Å². The van der Waals surface area contributed by atoms with E-state index in [2.05, 4.69) is 44.2 Å². The van der Waals surface area contributed by atoms with Gasteiger partial charge >= 0.3 is 0 Å². The van der Waals surface area contributed by atoms with Crippen molar-refractivity contribution in [3.63, 3.8) is 0 Å². The second kappa shape index (κ2) is 7.35. The number of carbonyl (C=O) groups is 2. The van der Waals surface area contributed by atoms with Gasteiger partial charge in [-0.1, -0.05) is 80.0 Å². The molecule has 0 saturated heterocycles. The fourth-order valence-corrected chi connectivity index (χ4v) is 5.26. The molecule has 3 aromatic rings. The normalized spacial score (nSPS) is 20.9. The number of hydrogen-bond donors (Lipinski definition) is 0. The lowest BCUT2D eigenvalue weighted by Gasteiger charge is -2.43. The van der Waals surface area contributed by atoms with Crippen molar-refractivity contribution in [2.24, 2.45) is 5.41 Å². The van der Waals surface area contributed by atoms with Crippen molar-refractivity contribution in [1.29, 1.82) is 0 Å². The summed E-state index contributed by atoms with van der Waals surface area (Å²) in [6, 6.07) is 21.8. The van der Waals surface area contributed by atoms with Crippen LogP contribution in [0.25, 0.3) is 10.8 Å². The van der Waals surface area contributed by atoms with Crippen molar-refractivity contribution in [3.8, 4) is 0 Å². The van der Waals surface area contributed by atoms with Crippen molar-refractivity contribution in [2.75, 3.05) is 4.90 Å². The molecule has 0 N–H and O–H groups in total. The maximum atomic E-state index is 13.5. The minimum absolute atomic E-state index is 0.0180. The Kier molecular flexibility index (Phi) is 4.75. The largest absolute Gasteiger partial charge is 0.294 e.